The van der Waals surface area contributed by atoms with E-state index < -0.39 is 15.9 Å². The van der Waals surface area contributed by atoms with Gasteiger partial charge in [0.1, 0.15) is 0 Å². The van der Waals surface area contributed by atoms with Crippen molar-refractivity contribution in [2.24, 2.45) is 14.1 Å². The standard InChI is InChI=1S/C15H16N4O4S2/c1-18-12-5-4-11(9-13(12)24-15(18)21)25(22,23)17-14(20)6-3-10-7-8-16-19(10)2/h4-5,7-9H,3,6H2,1-2H3,(H,17,20). The molecule has 25 heavy (non-hydrogen) atoms. The fourth-order valence-electron chi connectivity index (χ4n) is 2.43. The smallest absolute Gasteiger partial charge is 0.302 e. The summed E-state index contributed by atoms with van der Waals surface area (Å²) in [5, 5.41) is 4.00. The molecular weight excluding hydrogens is 364 g/mol. The summed E-state index contributed by atoms with van der Waals surface area (Å²) < 4.78 is 30.4. The highest BCUT2D eigenvalue weighted by Gasteiger charge is 2.19. The van der Waals surface area contributed by atoms with Crippen LogP contribution in [0.2, 0.25) is 0 Å². The number of sulfonamides is 1. The zero-order valence-electron chi connectivity index (χ0n) is 13.6. The van der Waals surface area contributed by atoms with Crippen LogP contribution in [0.4, 0.5) is 0 Å². The number of aryl methyl sites for hydroxylation is 3. The van der Waals surface area contributed by atoms with Gasteiger partial charge in [-0.3, -0.25) is 14.3 Å². The molecule has 0 unspecified atom stereocenters. The molecule has 0 saturated carbocycles. The van der Waals surface area contributed by atoms with Crippen LogP contribution >= 0.6 is 11.3 Å². The Kier molecular flexibility index (Phi) is 4.48. The van der Waals surface area contributed by atoms with E-state index in [4.69, 9.17) is 0 Å². The van der Waals surface area contributed by atoms with Gasteiger partial charge in [-0.05, 0) is 30.7 Å². The molecule has 1 aromatic carbocycles. The van der Waals surface area contributed by atoms with Gasteiger partial charge in [0.15, 0.2) is 0 Å². The maximum Gasteiger partial charge on any atom is 0.307 e. The molecule has 0 spiro atoms. The van der Waals surface area contributed by atoms with Crippen molar-refractivity contribution in [2.75, 3.05) is 0 Å². The Labute approximate surface area is 147 Å². The van der Waals surface area contributed by atoms with Crippen molar-refractivity contribution < 1.29 is 13.2 Å². The predicted molar refractivity (Wildman–Crippen MR) is 93.9 cm³/mol. The van der Waals surface area contributed by atoms with Gasteiger partial charge in [-0.2, -0.15) is 5.10 Å². The van der Waals surface area contributed by atoms with Crippen LogP contribution in [-0.4, -0.2) is 28.7 Å². The minimum atomic E-state index is -3.98. The van der Waals surface area contributed by atoms with Gasteiger partial charge in [-0.25, -0.2) is 13.1 Å². The highest BCUT2D eigenvalue weighted by atomic mass is 32.2. The molecule has 8 nitrogen and oxygen atoms in total. The average Bonchev–Trinajstić information content (AvgIpc) is 3.08. The van der Waals surface area contributed by atoms with E-state index in [2.05, 4.69) is 9.82 Å². The minimum Gasteiger partial charge on any atom is -0.302 e. The zero-order chi connectivity index (χ0) is 18.2. The molecule has 2 heterocycles. The monoisotopic (exact) mass is 380 g/mol. The molecule has 10 heteroatoms. The van der Waals surface area contributed by atoms with Gasteiger partial charge >= 0.3 is 4.87 Å². The van der Waals surface area contributed by atoms with Gasteiger partial charge in [0.25, 0.3) is 10.0 Å². The van der Waals surface area contributed by atoms with Crippen LogP contribution in [0, 0.1) is 0 Å². The lowest BCUT2D eigenvalue weighted by Crippen LogP contribution is -2.30. The Morgan fingerprint density at radius 3 is 2.72 bits per heavy atom. The van der Waals surface area contributed by atoms with Gasteiger partial charge in [-0.1, -0.05) is 11.3 Å². The van der Waals surface area contributed by atoms with E-state index in [-0.39, 0.29) is 16.2 Å². The van der Waals surface area contributed by atoms with Crippen molar-refractivity contribution in [1.82, 2.24) is 19.1 Å². The summed E-state index contributed by atoms with van der Waals surface area (Å²) in [5.74, 6) is -0.595. The normalized spacial score (nSPS) is 11.8. The lowest BCUT2D eigenvalue weighted by Gasteiger charge is -2.07. The number of thiazole rings is 1. The van der Waals surface area contributed by atoms with E-state index in [1.165, 1.54) is 16.7 Å². The summed E-state index contributed by atoms with van der Waals surface area (Å²) in [5.41, 5.74) is 1.49. The first-order valence-corrected chi connectivity index (χ1v) is 9.70. The van der Waals surface area contributed by atoms with E-state index >= 15 is 0 Å². The van der Waals surface area contributed by atoms with E-state index in [9.17, 15) is 18.0 Å². The Balaban J connectivity index is 1.76. The Bertz CT molecular complexity index is 1110. The summed E-state index contributed by atoms with van der Waals surface area (Å²) in [6.07, 6.45) is 2.03. The number of carbonyl (C=O) groups excluding carboxylic acids is 1. The Hall–Kier alpha value is -2.46. The number of nitrogens with zero attached hydrogens (tertiary/aromatic N) is 3. The maximum atomic E-state index is 12.4. The molecule has 3 aromatic rings. The summed E-state index contributed by atoms with van der Waals surface area (Å²) in [7, 11) is -0.607. The molecule has 0 aliphatic carbocycles. The Morgan fingerprint density at radius 2 is 2.04 bits per heavy atom. The van der Waals surface area contributed by atoms with E-state index in [0.717, 1.165) is 17.0 Å². The lowest BCUT2D eigenvalue weighted by atomic mass is 10.2. The van der Waals surface area contributed by atoms with Crippen molar-refractivity contribution in [3.63, 3.8) is 0 Å². The molecule has 0 radical (unpaired) electrons. The van der Waals surface area contributed by atoms with Gasteiger partial charge < -0.3 is 4.57 Å². The van der Waals surface area contributed by atoms with Crippen molar-refractivity contribution in [3.8, 4) is 0 Å². The fourth-order valence-corrected chi connectivity index (χ4v) is 4.46. The van der Waals surface area contributed by atoms with Crippen LogP contribution in [0.25, 0.3) is 10.2 Å². The average molecular weight is 380 g/mol. The third-order valence-electron chi connectivity index (χ3n) is 3.85. The number of amides is 1. The quantitative estimate of drug-likeness (QED) is 0.704. The molecule has 0 aliphatic rings. The van der Waals surface area contributed by atoms with Crippen molar-refractivity contribution >= 4 is 37.5 Å². The second-order valence-electron chi connectivity index (χ2n) is 5.53. The number of hydrogen-bond donors (Lipinski definition) is 1. The molecule has 0 bridgehead atoms. The van der Waals surface area contributed by atoms with Crippen molar-refractivity contribution in [2.45, 2.75) is 17.7 Å². The molecule has 0 saturated heterocycles. The molecule has 0 atom stereocenters. The molecule has 0 aliphatic heterocycles. The number of fused-ring (bicyclic) bond motifs is 1. The molecule has 1 N–H and O–H groups in total. The van der Waals surface area contributed by atoms with Crippen molar-refractivity contribution in [3.05, 3.63) is 45.8 Å². The topological polar surface area (TPSA) is 103 Å². The number of rotatable bonds is 5. The second-order valence-corrected chi connectivity index (χ2v) is 8.21. The van der Waals surface area contributed by atoms with Gasteiger partial charge in [0, 0.05) is 32.4 Å². The maximum absolute atomic E-state index is 12.4. The van der Waals surface area contributed by atoms with Crippen LogP contribution in [0.15, 0.2) is 40.2 Å². The SMILES string of the molecule is Cn1nccc1CCC(=O)NS(=O)(=O)c1ccc2c(c1)sc(=O)n2C. The van der Waals surface area contributed by atoms with E-state index in [1.807, 2.05) is 0 Å². The first kappa shape index (κ1) is 17.4. The van der Waals surface area contributed by atoms with Gasteiger partial charge in [0.05, 0.1) is 15.1 Å². The first-order chi connectivity index (χ1) is 11.8. The summed E-state index contributed by atoms with van der Waals surface area (Å²) in [6.45, 7) is 0. The summed E-state index contributed by atoms with van der Waals surface area (Å²) in [6, 6.07) is 6.11. The molecule has 2 aromatic heterocycles. The molecule has 0 fully saturated rings. The predicted octanol–water partition coefficient (Wildman–Crippen LogP) is 0.771. The van der Waals surface area contributed by atoms with Crippen LogP contribution < -0.4 is 9.60 Å². The molecule has 132 valence electrons. The number of aromatic nitrogens is 3. The number of hydrogen-bond acceptors (Lipinski definition) is 6. The largest absolute Gasteiger partial charge is 0.307 e. The van der Waals surface area contributed by atoms with Crippen LogP contribution in [0.5, 0.6) is 0 Å². The summed E-state index contributed by atoms with van der Waals surface area (Å²) in [4.78, 5) is 23.4. The van der Waals surface area contributed by atoms with Gasteiger partial charge in [-0.15, -0.1) is 0 Å². The first-order valence-electron chi connectivity index (χ1n) is 7.40. The Morgan fingerprint density at radius 1 is 1.28 bits per heavy atom. The van der Waals surface area contributed by atoms with Crippen LogP contribution in [-0.2, 0) is 35.3 Å². The lowest BCUT2D eigenvalue weighted by molar-refractivity contribution is -0.119. The number of carbonyl (C=O) groups is 1. The highest BCUT2D eigenvalue weighted by molar-refractivity contribution is 7.90. The number of nitrogens with one attached hydrogen (secondary N) is 1. The van der Waals surface area contributed by atoms with Gasteiger partial charge in [0.2, 0.25) is 5.91 Å². The molecular formula is C15H16N4O4S2. The zero-order valence-corrected chi connectivity index (χ0v) is 15.2. The van der Waals surface area contributed by atoms with Crippen molar-refractivity contribution in [1.29, 1.82) is 0 Å². The van der Waals surface area contributed by atoms with E-state index in [0.29, 0.717) is 16.6 Å². The molecule has 1 amide bonds. The third kappa shape index (κ3) is 3.49. The minimum absolute atomic E-state index is 0.0275. The third-order valence-corrected chi connectivity index (χ3v) is 6.22. The van der Waals surface area contributed by atoms with Crippen LogP contribution in [0.3, 0.4) is 0 Å². The fraction of sp³-hybridized carbons (Fsp3) is 0.267. The number of benzene rings is 1. The molecule has 3 rings (SSSR count). The summed E-state index contributed by atoms with van der Waals surface area (Å²) >= 11 is 0.959. The van der Waals surface area contributed by atoms with E-state index in [1.54, 1.807) is 37.1 Å². The second kappa shape index (κ2) is 6.45. The highest BCUT2D eigenvalue weighted by Crippen LogP contribution is 2.21. The van der Waals surface area contributed by atoms with Crippen LogP contribution in [0.1, 0.15) is 12.1 Å².